The van der Waals surface area contributed by atoms with Crippen molar-refractivity contribution in [1.82, 2.24) is 15.5 Å². The number of urea groups is 1. The summed E-state index contributed by atoms with van der Waals surface area (Å²) >= 11 is 6.13. The summed E-state index contributed by atoms with van der Waals surface area (Å²) < 4.78 is 18.6. The van der Waals surface area contributed by atoms with Crippen molar-refractivity contribution in [2.75, 3.05) is 26.7 Å². The number of likely N-dealkylation sites (tertiary alicyclic amines) is 1. The molecule has 5 aromatic rings. The van der Waals surface area contributed by atoms with Crippen molar-refractivity contribution in [3.05, 3.63) is 166 Å². The van der Waals surface area contributed by atoms with E-state index >= 15 is 0 Å². The van der Waals surface area contributed by atoms with E-state index in [1.165, 1.54) is 7.11 Å². The Hall–Kier alpha value is -5.07. The van der Waals surface area contributed by atoms with Gasteiger partial charge in [0.1, 0.15) is 6.04 Å². The zero-order valence-electron chi connectivity index (χ0n) is 33.4. The molecule has 5 atom stereocenters. The fourth-order valence-corrected chi connectivity index (χ4v) is 8.17. The SMILES string of the molecule is COC(=O)[C@H](Cc1ccccc1)NC(=O)NCc1cccc(-c2cccc([C@@H]3O[C@H](CN4CCC(O)(c5ccc(Cl)cc5)CC4)[C@H](C)[C@H](c4ccc(CO)cc4)O3)c2)c1. The topological polar surface area (TPSA) is 130 Å². The van der Waals surface area contributed by atoms with Gasteiger partial charge >= 0.3 is 12.0 Å². The van der Waals surface area contributed by atoms with Crippen LogP contribution in [0, 0.1) is 5.92 Å². The minimum absolute atomic E-state index is 0.00843. The van der Waals surface area contributed by atoms with Crippen molar-refractivity contribution in [1.29, 1.82) is 0 Å². The highest BCUT2D eigenvalue weighted by Gasteiger charge is 2.41. The van der Waals surface area contributed by atoms with E-state index in [1.807, 2.05) is 121 Å². The quantitative estimate of drug-likeness (QED) is 0.0885. The molecular weight excluding hydrogens is 766 g/mol. The number of piperidine rings is 1. The van der Waals surface area contributed by atoms with E-state index < -0.39 is 29.9 Å². The second kappa shape index (κ2) is 19.3. The number of nitrogens with zero attached hydrogens (tertiary/aromatic N) is 1. The number of hydrogen-bond donors (Lipinski definition) is 4. The first-order chi connectivity index (χ1) is 28.6. The van der Waals surface area contributed by atoms with E-state index in [0.29, 0.717) is 30.8 Å². The van der Waals surface area contributed by atoms with E-state index in [4.69, 9.17) is 25.8 Å². The average Bonchev–Trinajstić information content (AvgIpc) is 3.27. The maximum Gasteiger partial charge on any atom is 0.328 e. The number of nitrogens with one attached hydrogen (secondary N) is 2. The van der Waals surface area contributed by atoms with Gasteiger partial charge in [-0.05, 0) is 76.1 Å². The van der Waals surface area contributed by atoms with Crippen LogP contribution in [0.2, 0.25) is 5.02 Å². The predicted molar refractivity (Wildman–Crippen MR) is 227 cm³/mol. The van der Waals surface area contributed by atoms with Crippen LogP contribution in [0.25, 0.3) is 11.1 Å². The minimum Gasteiger partial charge on any atom is -0.467 e. The van der Waals surface area contributed by atoms with Gasteiger partial charge in [0.2, 0.25) is 0 Å². The Kier molecular flexibility index (Phi) is 13.8. The molecule has 5 aromatic carbocycles. The molecule has 59 heavy (non-hydrogen) atoms. The smallest absolute Gasteiger partial charge is 0.328 e. The van der Waals surface area contributed by atoms with Crippen molar-refractivity contribution >= 4 is 23.6 Å². The summed E-state index contributed by atoms with van der Waals surface area (Å²) in [6.07, 6.45) is 0.426. The van der Waals surface area contributed by atoms with Gasteiger partial charge in [-0.2, -0.15) is 0 Å². The first-order valence-corrected chi connectivity index (χ1v) is 20.6. The van der Waals surface area contributed by atoms with E-state index in [0.717, 1.165) is 57.6 Å². The third-order valence-corrected chi connectivity index (χ3v) is 11.8. The maximum absolute atomic E-state index is 13.0. The fourth-order valence-electron chi connectivity index (χ4n) is 8.04. The molecule has 11 heteroatoms. The van der Waals surface area contributed by atoms with Crippen molar-refractivity contribution in [2.24, 2.45) is 5.92 Å². The first kappa shape index (κ1) is 42.1. The maximum atomic E-state index is 13.0. The number of esters is 1. The third kappa shape index (κ3) is 10.6. The summed E-state index contributed by atoms with van der Waals surface area (Å²) in [5, 5.41) is 27.6. The molecule has 2 heterocycles. The molecule has 0 bridgehead atoms. The Labute approximate surface area is 351 Å². The van der Waals surface area contributed by atoms with Crippen molar-refractivity contribution in [3.8, 4) is 11.1 Å². The Morgan fingerprint density at radius 3 is 2.20 bits per heavy atom. The molecule has 308 valence electrons. The lowest BCUT2D eigenvalue weighted by Crippen LogP contribution is -2.49. The highest BCUT2D eigenvalue weighted by molar-refractivity contribution is 6.30. The van der Waals surface area contributed by atoms with Crippen LogP contribution in [0.4, 0.5) is 4.79 Å². The largest absolute Gasteiger partial charge is 0.467 e. The molecule has 0 saturated carbocycles. The van der Waals surface area contributed by atoms with E-state index in [2.05, 4.69) is 28.5 Å². The number of halogens is 1. The number of carbonyl (C=O) groups excluding carboxylic acids is 2. The first-order valence-electron chi connectivity index (χ1n) is 20.2. The molecule has 0 aromatic heterocycles. The van der Waals surface area contributed by atoms with Crippen LogP contribution in [0.1, 0.15) is 65.5 Å². The molecule has 2 saturated heterocycles. The lowest BCUT2D eigenvalue weighted by Gasteiger charge is -2.45. The van der Waals surface area contributed by atoms with Crippen LogP contribution < -0.4 is 10.6 Å². The second-order valence-corrected chi connectivity index (χ2v) is 16.0. The summed E-state index contributed by atoms with van der Waals surface area (Å²) in [4.78, 5) is 27.8. The number of aliphatic hydroxyl groups is 2. The number of hydrogen-bond acceptors (Lipinski definition) is 8. The number of methoxy groups -OCH3 is 1. The standard InChI is InChI=1S/C48H52ClN3O7/c1-32-43(30-52-24-22-48(56,23-25-52)40-18-20-41(49)21-19-40)58-46(59-44(32)36-16-14-34(31-53)15-17-36)39-13-7-12-38(28-39)37-11-6-10-35(26-37)29-50-47(55)51-42(45(54)57-2)27-33-8-4-3-5-9-33/h3-21,26,28,32,42-44,46,53,56H,22-25,27,29-31H2,1-2H3,(H2,50,51,55)/t32-,42-,43+,44+,46+/m0/s1. The molecule has 2 amide bonds. The van der Waals surface area contributed by atoms with Crippen LogP contribution >= 0.6 is 11.6 Å². The van der Waals surface area contributed by atoms with Crippen molar-refractivity contribution in [3.63, 3.8) is 0 Å². The number of ether oxygens (including phenoxy) is 3. The van der Waals surface area contributed by atoms with Crippen LogP contribution in [-0.2, 0) is 44.2 Å². The molecule has 2 fully saturated rings. The van der Waals surface area contributed by atoms with Crippen molar-refractivity contribution in [2.45, 2.75) is 69.5 Å². The number of amides is 2. The third-order valence-electron chi connectivity index (χ3n) is 11.6. The molecule has 2 aliphatic rings. The highest BCUT2D eigenvalue weighted by Crippen LogP contribution is 2.43. The molecule has 10 nitrogen and oxygen atoms in total. The molecular formula is C48H52ClN3O7. The Morgan fingerprint density at radius 1 is 0.831 bits per heavy atom. The van der Waals surface area contributed by atoms with Crippen molar-refractivity contribution < 1.29 is 34.0 Å². The highest BCUT2D eigenvalue weighted by atomic mass is 35.5. The fraction of sp³-hybridized carbons (Fsp3) is 0.333. The van der Waals surface area contributed by atoms with Crippen LogP contribution in [-0.4, -0.2) is 66.0 Å². The molecule has 0 aliphatic carbocycles. The Balaban J connectivity index is 1.04. The van der Waals surface area contributed by atoms with Crippen LogP contribution in [0.5, 0.6) is 0 Å². The van der Waals surface area contributed by atoms with Crippen LogP contribution in [0.15, 0.2) is 127 Å². The molecule has 0 spiro atoms. The normalized spacial score (nSPS) is 21.0. The molecule has 0 radical (unpaired) electrons. The van der Waals surface area contributed by atoms with Gasteiger partial charge < -0.3 is 40.0 Å². The Morgan fingerprint density at radius 2 is 1.51 bits per heavy atom. The van der Waals surface area contributed by atoms with Gasteiger partial charge in [0, 0.05) is 49.1 Å². The van der Waals surface area contributed by atoms with Crippen LogP contribution in [0.3, 0.4) is 0 Å². The molecule has 4 N–H and O–H groups in total. The minimum atomic E-state index is -0.904. The summed E-state index contributed by atoms with van der Waals surface area (Å²) in [5.74, 6) is -0.507. The monoisotopic (exact) mass is 817 g/mol. The van der Waals surface area contributed by atoms with Gasteiger partial charge in [-0.1, -0.05) is 122 Å². The molecule has 7 rings (SSSR count). The van der Waals surface area contributed by atoms with Gasteiger partial charge in [0.15, 0.2) is 6.29 Å². The number of aliphatic hydroxyl groups excluding tert-OH is 1. The number of rotatable bonds is 13. The van der Waals surface area contributed by atoms with E-state index in [9.17, 15) is 19.8 Å². The summed E-state index contributed by atoms with van der Waals surface area (Å²) in [6, 6.07) is 39.6. The van der Waals surface area contributed by atoms with Gasteiger partial charge in [0.25, 0.3) is 0 Å². The lowest BCUT2D eigenvalue weighted by molar-refractivity contribution is -0.277. The summed E-state index contributed by atoms with van der Waals surface area (Å²) in [5.41, 5.74) is 6.43. The zero-order chi connectivity index (χ0) is 41.4. The van der Waals surface area contributed by atoms with E-state index in [-0.39, 0.29) is 31.3 Å². The lowest BCUT2D eigenvalue weighted by atomic mass is 9.84. The predicted octanol–water partition coefficient (Wildman–Crippen LogP) is 7.86. The molecule has 2 aliphatic heterocycles. The van der Waals surface area contributed by atoms with Gasteiger partial charge in [0.05, 0.1) is 31.5 Å². The second-order valence-electron chi connectivity index (χ2n) is 15.6. The van der Waals surface area contributed by atoms with Gasteiger partial charge in [-0.15, -0.1) is 0 Å². The number of carbonyl (C=O) groups is 2. The average molecular weight is 818 g/mol. The number of benzene rings is 5. The zero-order valence-corrected chi connectivity index (χ0v) is 34.2. The summed E-state index contributed by atoms with van der Waals surface area (Å²) in [7, 11) is 1.31. The molecule has 0 unspecified atom stereocenters. The van der Waals surface area contributed by atoms with Gasteiger partial charge in [-0.3, -0.25) is 0 Å². The summed E-state index contributed by atoms with van der Waals surface area (Å²) in [6.45, 7) is 4.49. The van der Waals surface area contributed by atoms with Gasteiger partial charge in [-0.25, -0.2) is 9.59 Å². The van der Waals surface area contributed by atoms with E-state index in [1.54, 1.807) is 0 Å². The Bertz CT molecular complexity index is 2160.